The SMILES string of the molecule is O=c1[nH]nc2ccc(NC3CCCNCC3)nn12. The molecule has 0 aliphatic carbocycles. The summed E-state index contributed by atoms with van der Waals surface area (Å²) in [6.07, 6.45) is 3.35. The summed E-state index contributed by atoms with van der Waals surface area (Å²) >= 11 is 0. The summed E-state index contributed by atoms with van der Waals surface area (Å²) < 4.78 is 1.28. The zero-order valence-corrected chi connectivity index (χ0v) is 10.0. The van der Waals surface area contributed by atoms with Gasteiger partial charge in [0.2, 0.25) is 0 Å². The normalized spacial score (nSPS) is 20.8. The summed E-state index contributed by atoms with van der Waals surface area (Å²) in [6.45, 7) is 2.09. The average Bonchev–Trinajstić information content (AvgIpc) is 2.61. The van der Waals surface area contributed by atoms with Crippen molar-refractivity contribution in [1.29, 1.82) is 0 Å². The average molecular weight is 248 g/mol. The van der Waals surface area contributed by atoms with Crippen LogP contribution in [0.15, 0.2) is 16.9 Å². The maximum Gasteiger partial charge on any atom is 0.364 e. The van der Waals surface area contributed by atoms with E-state index in [2.05, 4.69) is 25.9 Å². The van der Waals surface area contributed by atoms with Gasteiger partial charge in [0, 0.05) is 6.04 Å². The summed E-state index contributed by atoms with van der Waals surface area (Å²) in [4.78, 5) is 11.4. The topological polar surface area (TPSA) is 87.1 Å². The monoisotopic (exact) mass is 248 g/mol. The van der Waals surface area contributed by atoms with Crippen molar-refractivity contribution < 1.29 is 0 Å². The van der Waals surface area contributed by atoms with Crippen molar-refractivity contribution in [3.63, 3.8) is 0 Å². The lowest BCUT2D eigenvalue weighted by Gasteiger charge is -2.16. The molecule has 1 unspecified atom stereocenters. The van der Waals surface area contributed by atoms with E-state index in [0.29, 0.717) is 11.7 Å². The molecule has 3 N–H and O–H groups in total. The minimum absolute atomic E-state index is 0.309. The minimum Gasteiger partial charge on any atom is -0.366 e. The van der Waals surface area contributed by atoms with Crippen LogP contribution in [-0.2, 0) is 0 Å². The quantitative estimate of drug-likeness (QED) is 0.695. The molecule has 0 spiro atoms. The molecule has 2 aromatic rings. The van der Waals surface area contributed by atoms with Gasteiger partial charge in [-0.25, -0.2) is 9.89 Å². The van der Waals surface area contributed by atoms with Crippen LogP contribution in [0.25, 0.3) is 5.65 Å². The highest BCUT2D eigenvalue weighted by molar-refractivity contribution is 5.43. The second-order valence-corrected chi connectivity index (χ2v) is 4.54. The first-order chi connectivity index (χ1) is 8.83. The molecule has 1 atom stereocenters. The maximum absolute atomic E-state index is 11.4. The number of nitrogens with zero attached hydrogens (tertiary/aromatic N) is 3. The Morgan fingerprint density at radius 2 is 2.28 bits per heavy atom. The van der Waals surface area contributed by atoms with Crippen LogP contribution in [0.3, 0.4) is 0 Å². The van der Waals surface area contributed by atoms with E-state index in [0.717, 1.165) is 38.2 Å². The predicted octanol–water partition coefficient (Wildman–Crippen LogP) is -0.0284. The molecule has 2 aromatic heterocycles. The second kappa shape index (κ2) is 4.77. The number of H-pyrrole nitrogens is 1. The fourth-order valence-electron chi connectivity index (χ4n) is 2.25. The highest BCUT2D eigenvalue weighted by Crippen LogP contribution is 2.12. The van der Waals surface area contributed by atoms with Crippen LogP contribution in [0.5, 0.6) is 0 Å². The van der Waals surface area contributed by atoms with E-state index < -0.39 is 0 Å². The Labute approximate surface area is 104 Å². The first-order valence-electron chi connectivity index (χ1n) is 6.25. The highest BCUT2D eigenvalue weighted by Gasteiger charge is 2.12. The summed E-state index contributed by atoms with van der Waals surface area (Å²) in [5.74, 6) is 0.720. The smallest absolute Gasteiger partial charge is 0.364 e. The Morgan fingerprint density at radius 3 is 3.22 bits per heavy atom. The number of nitrogens with one attached hydrogen (secondary N) is 3. The molecular formula is C11H16N6O. The minimum atomic E-state index is -0.309. The summed E-state index contributed by atoms with van der Waals surface area (Å²) in [5.41, 5.74) is 0.226. The first kappa shape index (κ1) is 11.2. The van der Waals surface area contributed by atoms with E-state index in [1.807, 2.05) is 6.07 Å². The lowest BCUT2D eigenvalue weighted by atomic mass is 10.1. The van der Waals surface area contributed by atoms with Gasteiger partial charge in [-0.2, -0.15) is 9.61 Å². The molecular weight excluding hydrogens is 232 g/mol. The first-order valence-corrected chi connectivity index (χ1v) is 6.25. The Bertz CT molecular complexity index is 580. The van der Waals surface area contributed by atoms with E-state index in [1.165, 1.54) is 4.52 Å². The van der Waals surface area contributed by atoms with E-state index in [-0.39, 0.29) is 5.69 Å². The van der Waals surface area contributed by atoms with E-state index in [1.54, 1.807) is 6.07 Å². The molecule has 1 fully saturated rings. The van der Waals surface area contributed by atoms with Crippen LogP contribution in [0.2, 0.25) is 0 Å². The maximum atomic E-state index is 11.4. The molecule has 7 heteroatoms. The molecule has 0 radical (unpaired) electrons. The molecule has 0 saturated carbocycles. The third-order valence-corrected chi connectivity index (χ3v) is 3.20. The summed E-state index contributed by atoms with van der Waals surface area (Å²) in [6, 6.07) is 4.04. The Hall–Kier alpha value is -1.89. The van der Waals surface area contributed by atoms with Gasteiger partial charge in [-0.1, -0.05) is 0 Å². The molecule has 0 bridgehead atoms. The van der Waals surface area contributed by atoms with Gasteiger partial charge in [-0.3, -0.25) is 0 Å². The molecule has 7 nitrogen and oxygen atoms in total. The number of aromatic amines is 1. The van der Waals surface area contributed by atoms with Crippen molar-refractivity contribution in [1.82, 2.24) is 25.1 Å². The van der Waals surface area contributed by atoms with Gasteiger partial charge in [0.05, 0.1) is 0 Å². The largest absolute Gasteiger partial charge is 0.366 e. The van der Waals surface area contributed by atoms with Gasteiger partial charge in [-0.15, -0.1) is 5.10 Å². The van der Waals surface area contributed by atoms with E-state index in [9.17, 15) is 4.79 Å². The molecule has 18 heavy (non-hydrogen) atoms. The number of hydrogen-bond acceptors (Lipinski definition) is 5. The number of anilines is 1. The van der Waals surface area contributed by atoms with Crippen molar-refractivity contribution in [2.24, 2.45) is 0 Å². The fraction of sp³-hybridized carbons (Fsp3) is 0.545. The number of hydrogen-bond donors (Lipinski definition) is 3. The molecule has 0 aromatic carbocycles. The molecule has 0 amide bonds. The van der Waals surface area contributed by atoms with Gasteiger partial charge in [-0.05, 0) is 44.5 Å². The molecule has 1 aliphatic heterocycles. The van der Waals surface area contributed by atoms with Gasteiger partial charge in [0.15, 0.2) is 5.65 Å². The molecule has 1 aliphatic rings. The lowest BCUT2D eigenvalue weighted by molar-refractivity contribution is 0.632. The zero-order valence-electron chi connectivity index (χ0n) is 10.0. The van der Waals surface area contributed by atoms with Gasteiger partial charge in [0.25, 0.3) is 0 Å². The third-order valence-electron chi connectivity index (χ3n) is 3.20. The lowest BCUT2D eigenvalue weighted by Crippen LogP contribution is -2.23. The van der Waals surface area contributed by atoms with Crippen LogP contribution in [0.4, 0.5) is 5.82 Å². The van der Waals surface area contributed by atoms with E-state index in [4.69, 9.17) is 0 Å². The van der Waals surface area contributed by atoms with Crippen LogP contribution in [-0.4, -0.2) is 38.9 Å². The van der Waals surface area contributed by atoms with Crippen LogP contribution < -0.4 is 16.3 Å². The van der Waals surface area contributed by atoms with Crippen molar-refractivity contribution in [3.8, 4) is 0 Å². The standard InChI is InChI=1S/C11H16N6O/c18-11-15-14-10-4-3-9(16-17(10)11)13-8-2-1-6-12-7-5-8/h3-4,8,12H,1-2,5-7H2,(H,13,16)(H,15,18). The summed E-state index contributed by atoms with van der Waals surface area (Å²) in [7, 11) is 0. The van der Waals surface area contributed by atoms with Gasteiger partial charge < -0.3 is 10.6 Å². The third kappa shape index (κ3) is 2.21. The molecule has 3 rings (SSSR count). The van der Waals surface area contributed by atoms with Gasteiger partial charge >= 0.3 is 5.69 Å². The van der Waals surface area contributed by atoms with Crippen LogP contribution in [0, 0.1) is 0 Å². The number of rotatable bonds is 2. The Morgan fingerprint density at radius 1 is 1.33 bits per heavy atom. The van der Waals surface area contributed by atoms with Crippen molar-refractivity contribution in [2.75, 3.05) is 18.4 Å². The fourth-order valence-corrected chi connectivity index (χ4v) is 2.25. The van der Waals surface area contributed by atoms with E-state index >= 15 is 0 Å². The van der Waals surface area contributed by atoms with Gasteiger partial charge in [0.1, 0.15) is 5.82 Å². The molecule has 3 heterocycles. The molecule has 1 saturated heterocycles. The number of fused-ring (bicyclic) bond motifs is 1. The molecule has 96 valence electrons. The summed E-state index contributed by atoms with van der Waals surface area (Å²) in [5, 5.41) is 17.2. The second-order valence-electron chi connectivity index (χ2n) is 4.54. The zero-order chi connectivity index (χ0) is 12.4. The van der Waals surface area contributed by atoms with Crippen LogP contribution >= 0.6 is 0 Å². The van der Waals surface area contributed by atoms with Crippen molar-refractivity contribution in [3.05, 3.63) is 22.6 Å². The van der Waals surface area contributed by atoms with Crippen molar-refractivity contribution in [2.45, 2.75) is 25.3 Å². The Kier molecular flexibility index (Phi) is 2.97. The highest BCUT2D eigenvalue weighted by atomic mass is 16.2. The number of aromatic nitrogens is 4. The predicted molar refractivity (Wildman–Crippen MR) is 67.7 cm³/mol. The van der Waals surface area contributed by atoms with Crippen molar-refractivity contribution >= 4 is 11.5 Å². The Balaban J connectivity index is 1.81. The van der Waals surface area contributed by atoms with Crippen LogP contribution in [0.1, 0.15) is 19.3 Å².